The first-order valence-corrected chi connectivity index (χ1v) is 5.72. The van der Waals surface area contributed by atoms with E-state index in [1.807, 2.05) is 25.2 Å². The summed E-state index contributed by atoms with van der Waals surface area (Å²) >= 11 is 1.63. The van der Waals surface area contributed by atoms with Crippen molar-refractivity contribution >= 4 is 22.8 Å². The van der Waals surface area contributed by atoms with Crippen LogP contribution >= 0.6 is 11.8 Å². The molecule has 0 bridgehead atoms. The summed E-state index contributed by atoms with van der Waals surface area (Å²) in [5.41, 5.74) is 2.15. The average Bonchev–Trinajstić information content (AvgIpc) is 2.57. The second kappa shape index (κ2) is 4.37. The molecule has 0 unspecified atom stereocenters. The van der Waals surface area contributed by atoms with Gasteiger partial charge in [-0.25, -0.2) is 4.98 Å². The summed E-state index contributed by atoms with van der Waals surface area (Å²) in [5.74, 6) is 0.799. The number of imidazole rings is 1. The first kappa shape index (κ1) is 10.1. The molecule has 0 aliphatic rings. The molecule has 0 aliphatic heterocycles. The van der Waals surface area contributed by atoms with Gasteiger partial charge in [-0.05, 0) is 12.1 Å². The van der Waals surface area contributed by atoms with Crippen LogP contribution in [-0.4, -0.2) is 15.3 Å². The Bertz CT molecular complexity index is 510. The van der Waals surface area contributed by atoms with Crippen LogP contribution < -0.4 is 0 Å². The first-order valence-electron chi connectivity index (χ1n) is 4.74. The summed E-state index contributed by atoms with van der Waals surface area (Å²) < 4.78 is 2.07. The summed E-state index contributed by atoms with van der Waals surface area (Å²) in [5, 5.41) is 9.44. The summed E-state index contributed by atoms with van der Waals surface area (Å²) in [6.07, 6.45) is 0.563. The van der Waals surface area contributed by atoms with Gasteiger partial charge in [-0.2, -0.15) is 5.26 Å². The van der Waals surface area contributed by atoms with E-state index in [0.29, 0.717) is 6.42 Å². The van der Waals surface area contributed by atoms with Gasteiger partial charge in [-0.1, -0.05) is 23.9 Å². The van der Waals surface area contributed by atoms with Crippen LogP contribution in [0.5, 0.6) is 0 Å². The lowest BCUT2D eigenvalue weighted by Gasteiger charge is -1.99. The van der Waals surface area contributed by atoms with Crippen LogP contribution in [0.3, 0.4) is 0 Å². The maximum absolute atomic E-state index is 8.46. The van der Waals surface area contributed by atoms with Gasteiger partial charge in [0, 0.05) is 19.2 Å². The number of nitrogens with zero attached hydrogens (tertiary/aromatic N) is 3. The molecule has 2 rings (SSSR count). The average molecular weight is 217 g/mol. The van der Waals surface area contributed by atoms with Crippen molar-refractivity contribution in [2.75, 3.05) is 5.75 Å². The van der Waals surface area contributed by atoms with E-state index < -0.39 is 0 Å². The fourth-order valence-corrected chi connectivity index (χ4v) is 2.27. The first-order chi connectivity index (χ1) is 7.33. The highest BCUT2D eigenvalue weighted by molar-refractivity contribution is 7.99. The zero-order chi connectivity index (χ0) is 10.7. The lowest BCUT2D eigenvalue weighted by Crippen LogP contribution is -1.91. The van der Waals surface area contributed by atoms with Crippen LogP contribution in [0, 0.1) is 11.3 Å². The standard InChI is InChI=1S/C11H11N3S/c1-14-10-6-3-2-5-9(10)13-11(14)15-8-4-7-12/h2-3,5-6H,4,8H2,1H3. The summed E-state index contributed by atoms with van der Waals surface area (Å²) in [6, 6.07) is 10.2. The Kier molecular flexibility index (Phi) is 2.93. The third-order valence-corrected chi connectivity index (χ3v) is 3.22. The van der Waals surface area contributed by atoms with Gasteiger partial charge < -0.3 is 4.57 Å². The van der Waals surface area contributed by atoms with Crippen LogP contribution in [0.1, 0.15) is 6.42 Å². The van der Waals surface area contributed by atoms with Gasteiger partial charge in [-0.15, -0.1) is 0 Å². The van der Waals surface area contributed by atoms with Gasteiger partial charge in [0.25, 0.3) is 0 Å². The van der Waals surface area contributed by atoms with Crippen molar-refractivity contribution in [2.45, 2.75) is 11.6 Å². The number of nitriles is 1. The van der Waals surface area contributed by atoms with Crippen molar-refractivity contribution in [3.05, 3.63) is 24.3 Å². The molecular weight excluding hydrogens is 206 g/mol. The molecule has 0 radical (unpaired) electrons. The topological polar surface area (TPSA) is 41.6 Å². The lowest BCUT2D eigenvalue weighted by molar-refractivity contribution is 0.815. The molecule has 0 atom stereocenters. The van der Waals surface area contributed by atoms with E-state index in [0.717, 1.165) is 21.9 Å². The second-order valence-electron chi connectivity index (χ2n) is 3.20. The molecule has 0 saturated carbocycles. The fourth-order valence-electron chi connectivity index (χ4n) is 1.44. The highest BCUT2D eigenvalue weighted by atomic mass is 32.2. The number of rotatable bonds is 3. The number of aryl methyl sites for hydroxylation is 1. The SMILES string of the molecule is Cn1c(SCCC#N)nc2ccccc21. The Balaban J connectivity index is 2.29. The van der Waals surface area contributed by atoms with E-state index in [9.17, 15) is 0 Å². The molecule has 1 aromatic carbocycles. The number of para-hydroxylation sites is 2. The summed E-state index contributed by atoms with van der Waals surface area (Å²) in [6.45, 7) is 0. The van der Waals surface area contributed by atoms with Gasteiger partial charge in [0.2, 0.25) is 0 Å². The third-order valence-electron chi connectivity index (χ3n) is 2.19. The summed E-state index contributed by atoms with van der Waals surface area (Å²) in [4.78, 5) is 4.50. The molecule has 0 fully saturated rings. The molecule has 1 aromatic heterocycles. The van der Waals surface area contributed by atoms with Crippen LogP contribution in [0.15, 0.2) is 29.4 Å². The molecule has 1 heterocycles. The van der Waals surface area contributed by atoms with E-state index in [1.165, 1.54) is 0 Å². The number of benzene rings is 1. The molecule has 3 nitrogen and oxygen atoms in total. The minimum atomic E-state index is 0.563. The van der Waals surface area contributed by atoms with Crippen molar-refractivity contribution in [1.29, 1.82) is 5.26 Å². The van der Waals surface area contributed by atoms with Crippen LogP contribution in [0.2, 0.25) is 0 Å². The van der Waals surface area contributed by atoms with Crippen molar-refractivity contribution in [2.24, 2.45) is 7.05 Å². The Morgan fingerprint density at radius 3 is 3.00 bits per heavy atom. The molecule has 0 aliphatic carbocycles. The predicted octanol–water partition coefficient (Wildman–Crippen LogP) is 2.58. The largest absolute Gasteiger partial charge is 0.322 e. The maximum Gasteiger partial charge on any atom is 0.168 e. The molecule has 0 spiro atoms. The van der Waals surface area contributed by atoms with E-state index in [-0.39, 0.29) is 0 Å². The third kappa shape index (κ3) is 1.97. The van der Waals surface area contributed by atoms with Crippen molar-refractivity contribution in [1.82, 2.24) is 9.55 Å². The molecule has 0 saturated heterocycles. The molecule has 0 amide bonds. The minimum absolute atomic E-state index is 0.563. The number of fused-ring (bicyclic) bond motifs is 1. The smallest absolute Gasteiger partial charge is 0.168 e. The summed E-state index contributed by atoms with van der Waals surface area (Å²) in [7, 11) is 2.00. The van der Waals surface area contributed by atoms with E-state index in [2.05, 4.69) is 21.7 Å². The Morgan fingerprint density at radius 2 is 2.27 bits per heavy atom. The number of hydrogen-bond acceptors (Lipinski definition) is 3. The van der Waals surface area contributed by atoms with E-state index >= 15 is 0 Å². The number of thioether (sulfide) groups is 1. The van der Waals surface area contributed by atoms with E-state index in [4.69, 9.17) is 5.26 Å². The Morgan fingerprint density at radius 1 is 1.47 bits per heavy atom. The van der Waals surface area contributed by atoms with Crippen LogP contribution in [0.4, 0.5) is 0 Å². The highest BCUT2D eigenvalue weighted by Crippen LogP contribution is 2.22. The second-order valence-corrected chi connectivity index (χ2v) is 4.26. The van der Waals surface area contributed by atoms with Gasteiger partial charge >= 0.3 is 0 Å². The van der Waals surface area contributed by atoms with Crippen molar-refractivity contribution in [3.8, 4) is 6.07 Å². The van der Waals surface area contributed by atoms with Crippen molar-refractivity contribution in [3.63, 3.8) is 0 Å². The maximum atomic E-state index is 8.46. The monoisotopic (exact) mass is 217 g/mol. The normalized spacial score (nSPS) is 10.4. The lowest BCUT2D eigenvalue weighted by atomic mass is 10.3. The Hall–Kier alpha value is -1.47. The van der Waals surface area contributed by atoms with Gasteiger partial charge in [0.15, 0.2) is 5.16 Å². The molecule has 2 aromatic rings. The van der Waals surface area contributed by atoms with Gasteiger partial charge in [0.05, 0.1) is 17.1 Å². The number of aromatic nitrogens is 2. The minimum Gasteiger partial charge on any atom is -0.322 e. The predicted molar refractivity (Wildman–Crippen MR) is 61.7 cm³/mol. The Labute approximate surface area is 92.7 Å². The quantitative estimate of drug-likeness (QED) is 0.586. The molecule has 76 valence electrons. The van der Waals surface area contributed by atoms with Gasteiger partial charge in [-0.3, -0.25) is 0 Å². The molecular formula is C11H11N3S. The zero-order valence-corrected chi connectivity index (χ0v) is 9.29. The fraction of sp³-hybridized carbons (Fsp3) is 0.273. The van der Waals surface area contributed by atoms with Crippen LogP contribution in [0.25, 0.3) is 11.0 Å². The molecule has 0 N–H and O–H groups in total. The van der Waals surface area contributed by atoms with Crippen LogP contribution in [-0.2, 0) is 7.05 Å². The highest BCUT2D eigenvalue weighted by Gasteiger charge is 2.06. The molecule has 4 heteroatoms. The van der Waals surface area contributed by atoms with E-state index in [1.54, 1.807) is 11.8 Å². The zero-order valence-electron chi connectivity index (χ0n) is 8.47. The number of hydrogen-bond donors (Lipinski definition) is 0. The van der Waals surface area contributed by atoms with Crippen molar-refractivity contribution < 1.29 is 0 Å². The molecule has 15 heavy (non-hydrogen) atoms. The van der Waals surface area contributed by atoms with Gasteiger partial charge in [0.1, 0.15) is 0 Å².